The number of imidazole rings is 4. The third-order valence-corrected chi connectivity index (χ3v) is 20.6. The molecule has 4 aliphatic heterocycles. The number of rotatable bonds is 18. The molecule has 4 saturated heterocycles. The van der Waals surface area contributed by atoms with Crippen LogP contribution in [0.25, 0.3) is 44.3 Å². The van der Waals surface area contributed by atoms with Crippen LogP contribution < -0.4 is 21.3 Å². The number of carbonyl (C=O) groups excluding carboxylic acids is 8. The number of H-pyrrole nitrogens is 4. The molecule has 0 saturated carbocycles. The number of alkyl carbamates (subject to hydrolysis) is 4. The number of fused-ring (bicyclic) bond motifs is 2. The van der Waals surface area contributed by atoms with Crippen LogP contribution in [-0.4, -0.2) is 193 Å². The second-order valence-electron chi connectivity index (χ2n) is 28.7. The van der Waals surface area contributed by atoms with Crippen LogP contribution in [0.15, 0.2) is 102 Å². The average Bonchev–Trinajstić information content (AvgIpc) is 1.64. The summed E-state index contributed by atoms with van der Waals surface area (Å²) in [6, 6.07) is 24.9. The first kappa shape index (κ1) is 82.4. The summed E-state index contributed by atoms with van der Waals surface area (Å²) >= 11 is 3.47. The Kier molecular flexibility index (Phi) is 29.0. The Balaban J connectivity index is 0.000000209. The Morgan fingerprint density at radius 3 is 1.09 bits per heavy atom. The molecule has 8 N–H and O–H groups in total. The summed E-state index contributed by atoms with van der Waals surface area (Å²) in [6.07, 6.45) is 14.4. The minimum atomic E-state index is -1.00. The molecule has 0 unspecified atom stereocenters. The summed E-state index contributed by atoms with van der Waals surface area (Å²) in [7, 11) is 4.14. The zero-order valence-corrected chi connectivity index (χ0v) is 66.2. The van der Waals surface area contributed by atoms with Gasteiger partial charge in [-0.1, -0.05) is 99.8 Å². The van der Waals surface area contributed by atoms with Crippen LogP contribution in [0.1, 0.15) is 173 Å². The van der Waals surface area contributed by atoms with E-state index < -0.39 is 55.7 Å². The van der Waals surface area contributed by atoms with E-state index in [-0.39, 0.29) is 71.5 Å². The molecule has 4 aromatic carbocycles. The van der Waals surface area contributed by atoms with Crippen molar-refractivity contribution in [3.63, 3.8) is 0 Å². The van der Waals surface area contributed by atoms with Gasteiger partial charge in [0.25, 0.3) is 0 Å². The van der Waals surface area contributed by atoms with E-state index in [9.17, 15) is 42.7 Å². The third kappa shape index (κ3) is 20.7. The zero-order chi connectivity index (χ0) is 81.0. The summed E-state index contributed by atoms with van der Waals surface area (Å²) < 4.78 is 35.3. The Labute approximate surface area is 655 Å². The SMILES string of the molecule is COC(=O)N[C@H](C(=O)N1CCC[C@H]1c1nc2ccc(-c3ccc(Br)cc3)cc2[nH]1)C(C)C.COC(=O)N[C@H](C(=O)N1CCC[C@H]1c1ncc(C#Cc2ccc(-c3ccc4nc([C@@H]5CCCN5C(=O)[C@@H](NC(=O)OC)C(C)C)[nH]c4c3)cc2)[nH]1)C(C)C.[2H]CF.[C+]#Cc1cnc([C@@H]2CCCN2C(=O)[C@@H](NC(=O)OC)C(C)C)[nH]1. The van der Waals surface area contributed by atoms with E-state index in [2.05, 4.69) is 120 Å². The number of ether oxygens (including phenoxy) is 4. The quantitative estimate of drug-likeness (QED) is 0.0225. The fraction of sp³-hybridized carbons (Fsp3) is 0.457. The average molecular weight is 1590 g/mol. The Morgan fingerprint density at radius 1 is 0.468 bits per heavy atom. The van der Waals surface area contributed by atoms with E-state index >= 15 is 0 Å². The van der Waals surface area contributed by atoms with Crippen LogP contribution >= 0.6 is 15.9 Å². The summed E-state index contributed by atoms with van der Waals surface area (Å²) in [5, 5.41) is 10.7. The molecule has 8 aromatic rings. The number of likely N-dealkylation sites (tertiary alicyclic amines) is 4. The normalized spacial score (nSPS) is 17.7. The van der Waals surface area contributed by atoms with E-state index in [1.165, 1.54) is 34.6 Å². The molecule has 588 valence electrons. The molecule has 8 heterocycles. The zero-order valence-electron chi connectivity index (χ0n) is 65.6. The molecule has 0 aliphatic carbocycles. The van der Waals surface area contributed by atoms with Crippen LogP contribution in [0.3, 0.4) is 0 Å². The molecule has 12 rings (SSSR count). The molecule has 4 aliphatic rings. The van der Waals surface area contributed by atoms with Crippen molar-refractivity contribution in [3.05, 3.63) is 148 Å². The summed E-state index contributed by atoms with van der Waals surface area (Å²) in [5.41, 5.74) is 9.69. The van der Waals surface area contributed by atoms with Crippen LogP contribution in [0.2, 0.25) is 0 Å². The number of methoxy groups -OCH3 is 4. The van der Waals surface area contributed by atoms with Crippen molar-refractivity contribution in [3.8, 4) is 40.0 Å². The first-order valence-electron chi connectivity index (χ1n) is 37.8. The number of hydrogen-bond acceptors (Lipinski definition) is 16. The maximum atomic E-state index is 13.6. The molecule has 8 amide bonds. The van der Waals surface area contributed by atoms with Crippen molar-refractivity contribution in [1.82, 2.24) is 80.7 Å². The molecule has 4 fully saturated rings. The van der Waals surface area contributed by atoms with E-state index in [4.69, 9.17) is 32.0 Å². The van der Waals surface area contributed by atoms with Gasteiger partial charge < -0.3 is 59.8 Å². The van der Waals surface area contributed by atoms with Gasteiger partial charge >= 0.3 is 153 Å². The van der Waals surface area contributed by atoms with Crippen molar-refractivity contribution in [2.45, 2.75) is 155 Å². The van der Waals surface area contributed by atoms with Crippen LogP contribution in [0.4, 0.5) is 23.6 Å². The molecular formula is C81H99BrFN16O12+. The molecule has 111 heavy (non-hydrogen) atoms. The van der Waals surface area contributed by atoms with Gasteiger partial charge in [0, 0.05) is 29.7 Å². The van der Waals surface area contributed by atoms with Crippen molar-refractivity contribution < 1.29 is 63.1 Å². The summed E-state index contributed by atoms with van der Waals surface area (Å²) in [6.45, 7) is 17.6. The molecule has 30 heteroatoms. The van der Waals surface area contributed by atoms with Gasteiger partial charge in [-0.05, 0) is 133 Å². The number of alkyl halides is 1. The number of halogens is 2. The number of hydrogen-bond donors (Lipinski definition) is 8. The van der Waals surface area contributed by atoms with Gasteiger partial charge in [-0.3, -0.25) is 18.8 Å². The molecule has 8 atom stereocenters. The van der Waals surface area contributed by atoms with E-state index in [1.54, 1.807) is 16.0 Å². The predicted octanol–water partition coefficient (Wildman–Crippen LogP) is 12.5. The fourth-order valence-electron chi connectivity index (χ4n) is 14.2. The summed E-state index contributed by atoms with van der Waals surface area (Å²) in [4.78, 5) is 139. The first-order chi connectivity index (χ1) is 53.7. The topological polar surface area (TPSA) is 349 Å². The second-order valence-corrected chi connectivity index (χ2v) is 29.6. The fourth-order valence-corrected chi connectivity index (χ4v) is 14.4. The minimum absolute atomic E-state index is 0.0630. The number of carbonyl (C=O) groups is 8. The number of benzene rings is 4. The van der Waals surface area contributed by atoms with Gasteiger partial charge in [0.1, 0.15) is 41.3 Å². The molecule has 4 aromatic heterocycles. The van der Waals surface area contributed by atoms with Gasteiger partial charge in [0.15, 0.2) is 0 Å². The first-order valence-corrected chi connectivity index (χ1v) is 37.9. The van der Waals surface area contributed by atoms with Crippen molar-refractivity contribution in [2.24, 2.45) is 23.7 Å². The monoisotopic (exact) mass is 1590 g/mol. The molecule has 0 spiro atoms. The van der Waals surface area contributed by atoms with E-state index in [0.29, 0.717) is 49.2 Å². The van der Waals surface area contributed by atoms with Crippen LogP contribution in [0.5, 0.6) is 0 Å². The number of amides is 8. The van der Waals surface area contributed by atoms with Crippen molar-refractivity contribution in [2.75, 3.05) is 61.8 Å². The van der Waals surface area contributed by atoms with Gasteiger partial charge in [-0.25, -0.2) is 29.3 Å². The van der Waals surface area contributed by atoms with Crippen LogP contribution in [0, 0.1) is 47.9 Å². The molecule has 0 bridgehead atoms. The summed E-state index contributed by atoms with van der Waals surface area (Å²) in [5.74, 6) is 10.5. The van der Waals surface area contributed by atoms with Gasteiger partial charge in [-0.15, -0.1) is 0 Å². The second kappa shape index (κ2) is 39.0. The van der Waals surface area contributed by atoms with Crippen molar-refractivity contribution >= 4 is 86.0 Å². The number of aromatic amines is 4. The molecule has 28 nitrogen and oxygen atoms in total. The Hall–Kier alpha value is -11.1. The Morgan fingerprint density at radius 2 is 0.775 bits per heavy atom. The van der Waals surface area contributed by atoms with Gasteiger partial charge in [-0.2, -0.15) is 0 Å². The van der Waals surface area contributed by atoms with Crippen molar-refractivity contribution in [1.29, 1.82) is 0 Å². The number of nitrogens with one attached hydrogen (secondary N) is 8. The Bertz CT molecular complexity index is 4700. The maximum absolute atomic E-state index is 13.6. The number of aromatic nitrogens is 8. The van der Waals surface area contributed by atoms with E-state index in [1.807, 2.05) is 120 Å². The van der Waals surface area contributed by atoms with Gasteiger partial charge in [0.2, 0.25) is 17.7 Å². The molecular weight excluding hydrogens is 1490 g/mol. The van der Waals surface area contributed by atoms with E-state index in [0.717, 1.165) is 117 Å². The number of nitrogens with zero attached hydrogens (tertiary/aromatic N) is 8. The van der Waals surface area contributed by atoms with Gasteiger partial charge in [0.05, 0.1) is 76.2 Å². The standard InChI is InChI=1S/C40H48N8O6.C24H27BrN4O3.C16H20N4O3.CH3F/c1-23(2)33(45-39(51)53-5)37(49)47-19-7-9-31(47)35-41-22-28(42-35)17-13-25-11-14-26(15-12-25)27-16-18-29-30(21-27)44-36(43-29)32-10-8-20-48(32)38(50)34(24(3)4)46-40(52)54-6;1-14(2)21(28-24(31)32-3)23(30)29-12-4-5-20(29)22-26-18-11-8-16(13-19(18)27-22)15-6-9-17(25)10-7-15;1-5-11-9-17-14(18-11)12-7-6-8-20(12)15(21)13(10(2)3)19-16(22)23-4;1-2/h11-12,14-16,18,21-24,31-34H,7-10,19-20H2,1-6H3,(H,41,42)(H,43,44)(H,45,51)(H,46,52);6-11,13-14,20-21H,4-5,12H2,1-3H3,(H,26,27)(H,28,31);9-10,12-13H,6-8H2,2-4H3,(H-,17,18,19,22);1H3/p+1/t31-,32-,33-,34-;20-,21-;12-,13-;/m000./s1/i;;;1D. The molecule has 0 radical (unpaired) electrons. The van der Waals surface area contributed by atoms with Crippen LogP contribution in [-0.2, 0) is 38.1 Å². The predicted molar refractivity (Wildman–Crippen MR) is 419 cm³/mol. The third-order valence-electron chi connectivity index (χ3n) is 20.0.